The van der Waals surface area contributed by atoms with E-state index in [4.69, 9.17) is 14.7 Å². The van der Waals surface area contributed by atoms with Crippen molar-refractivity contribution in [2.45, 2.75) is 64.2 Å². The third-order valence-electron chi connectivity index (χ3n) is 7.88. The molecule has 1 aromatic heterocycles. The van der Waals surface area contributed by atoms with Gasteiger partial charge in [0.25, 0.3) is 6.02 Å². The lowest BCUT2D eigenvalue weighted by Gasteiger charge is -2.33. The first kappa shape index (κ1) is 22.3. The Morgan fingerprint density at radius 2 is 2.06 bits per heavy atom. The summed E-state index contributed by atoms with van der Waals surface area (Å²) in [6, 6.07) is 4.63. The molecule has 3 unspecified atom stereocenters. The van der Waals surface area contributed by atoms with Gasteiger partial charge in [0.1, 0.15) is 0 Å². The van der Waals surface area contributed by atoms with Gasteiger partial charge in [0.2, 0.25) is 12.2 Å². The van der Waals surface area contributed by atoms with Crippen LogP contribution in [0.1, 0.15) is 51.5 Å². The van der Waals surface area contributed by atoms with E-state index in [1.54, 1.807) is 6.20 Å². The van der Waals surface area contributed by atoms with E-state index in [9.17, 15) is 0 Å². The predicted octanol–water partition coefficient (Wildman–Crippen LogP) is 3.18. The number of hydrogen-bond donors (Lipinski definition) is 3. The predicted molar refractivity (Wildman–Crippen MR) is 137 cm³/mol. The zero-order valence-electron chi connectivity index (χ0n) is 20.7. The van der Waals surface area contributed by atoms with Gasteiger partial charge in [-0.2, -0.15) is 4.99 Å². The number of rotatable bonds is 6. The normalized spacial score (nSPS) is 29.5. The van der Waals surface area contributed by atoms with E-state index in [2.05, 4.69) is 57.9 Å². The summed E-state index contributed by atoms with van der Waals surface area (Å²) in [6.45, 7) is 7.03. The van der Waals surface area contributed by atoms with Gasteiger partial charge in [-0.15, -0.1) is 0 Å². The van der Waals surface area contributed by atoms with Gasteiger partial charge in [0.15, 0.2) is 0 Å². The van der Waals surface area contributed by atoms with Crippen LogP contribution in [0.2, 0.25) is 0 Å². The van der Waals surface area contributed by atoms with E-state index >= 15 is 0 Å². The second-order valence-electron chi connectivity index (χ2n) is 10.2. The molecule has 4 heterocycles. The first-order chi connectivity index (χ1) is 17.1. The molecule has 2 fully saturated rings. The highest BCUT2D eigenvalue weighted by molar-refractivity contribution is 5.98. The van der Waals surface area contributed by atoms with E-state index in [1.165, 1.54) is 47.4 Å². The van der Waals surface area contributed by atoms with E-state index in [-0.39, 0.29) is 11.8 Å². The zero-order chi connectivity index (χ0) is 23.8. The monoisotopic (exact) mass is 473 g/mol. The number of aryl methyl sites for hydroxylation is 1. The Kier molecular flexibility index (Phi) is 5.84. The Hall–Kier alpha value is -3.13. The smallest absolute Gasteiger partial charge is 0.294 e. The minimum absolute atomic E-state index is 0.0759. The van der Waals surface area contributed by atoms with Crippen molar-refractivity contribution in [3.63, 3.8) is 0 Å². The summed E-state index contributed by atoms with van der Waals surface area (Å²) in [5.74, 6) is 1.16. The molecule has 0 bridgehead atoms. The lowest BCUT2D eigenvalue weighted by atomic mass is 9.94. The first-order valence-corrected chi connectivity index (χ1v) is 13.0. The summed E-state index contributed by atoms with van der Waals surface area (Å²) in [6.07, 6.45) is 14.6. The molecule has 2 aliphatic carbocycles. The van der Waals surface area contributed by atoms with Crippen LogP contribution in [-0.2, 0) is 11.2 Å². The zero-order valence-corrected chi connectivity index (χ0v) is 20.7. The fourth-order valence-electron chi connectivity index (χ4n) is 5.79. The van der Waals surface area contributed by atoms with E-state index in [0.29, 0.717) is 18.5 Å². The molecular formula is C27H35N7O. The quantitative estimate of drug-likeness (QED) is 0.550. The van der Waals surface area contributed by atoms with Crippen molar-refractivity contribution >= 4 is 12.0 Å². The molecule has 0 amide bonds. The minimum atomic E-state index is -0.244. The molecule has 3 aliphatic heterocycles. The molecule has 0 radical (unpaired) electrons. The number of nitrogens with one attached hydrogen (secondary N) is 3. The fraction of sp³-hybridized carbons (Fsp3) is 0.519. The Bertz CT molecular complexity index is 1130. The molecule has 5 aliphatic rings. The number of amidine groups is 1. The average Bonchev–Trinajstić information content (AvgIpc) is 3.57. The van der Waals surface area contributed by atoms with Gasteiger partial charge in [-0.1, -0.05) is 18.6 Å². The van der Waals surface area contributed by atoms with Crippen molar-refractivity contribution in [3.8, 4) is 0 Å². The Morgan fingerprint density at radius 3 is 2.89 bits per heavy atom. The molecular weight excluding hydrogens is 438 g/mol. The van der Waals surface area contributed by atoms with Crippen molar-refractivity contribution in [2.24, 2.45) is 15.9 Å². The van der Waals surface area contributed by atoms with Crippen LogP contribution in [0.3, 0.4) is 0 Å². The maximum Gasteiger partial charge on any atom is 0.294 e. The lowest BCUT2D eigenvalue weighted by Crippen LogP contribution is -2.50. The number of likely N-dealkylation sites (tertiary alicyclic amines) is 1. The summed E-state index contributed by atoms with van der Waals surface area (Å²) < 4.78 is 6.10. The van der Waals surface area contributed by atoms with Gasteiger partial charge >= 0.3 is 0 Å². The topological polar surface area (TPSA) is 86.2 Å². The van der Waals surface area contributed by atoms with E-state index in [0.717, 1.165) is 38.3 Å². The third kappa shape index (κ3) is 4.35. The van der Waals surface area contributed by atoms with E-state index in [1.807, 2.05) is 12.3 Å². The number of allylic oxidation sites excluding steroid dienone is 3. The van der Waals surface area contributed by atoms with Crippen LogP contribution >= 0.6 is 0 Å². The second-order valence-corrected chi connectivity index (χ2v) is 10.2. The Labute approximate surface area is 207 Å². The molecule has 3 atom stereocenters. The molecule has 1 saturated carbocycles. The van der Waals surface area contributed by atoms with Gasteiger partial charge in [-0.25, -0.2) is 4.99 Å². The van der Waals surface area contributed by atoms with Crippen molar-refractivity contribution in [3.05, 3.63) is 64.8 Å². The highest BCUT2D eigenvalue weighted by Crippen LogP contribution is 2.59. The van der Waals surface area contributed by atoms with Crippen molar-refractivity contribution < 1.29 is 4.74 Å². The Morgan fingerprint density at radius 1 is 1.17 bits per heavy atom. The van der Waals surface area contributed by atoms with E-state index < -0.39 is 0 Å². The van der Waals surface area contributed by atoms with Gasteiger partial charge < -0.3 is 15.4 Å². The van der Waals surface area contributed by atoms with Crippen molar-refractivity contribution in [2.75, 3.05) is 19.7 Å². The summed E-state index contributed by atoms with van der Waals surface area (Å²) in [7, 11) is 0. The number of aromatic nitrogens is 1. The number of nitrogens with zero attached hydrogens (tertiary/aromatic N) is 4. The highest BCUT2D eigenvalue weighted by Gasteiger charge is 2.62. The molecule has 1 saturated heterocycles. The second kappa shape index (κ2) is 9.15. The first-order valence-electron chi connectivity index (χ1n) is 13.0. The number of piperidine rings is 1. The number of ether oxygens (including phenoxy) is 1. The Balaban J connectivity index is 1.13. The van der Waals surface area contributed by atoms with Gasteiger partial charge in [-0.05, 0) is 74.8 Å². The van der Waals surface area contributed by atoms with Crippen LogP contribution in [0.15, 0.2) is 69.2 Å². The standard InChI is InChI=1S/C27H35N7O/c1-18-19(2)33-27-16-22(27)23(11-10-21(18)27)29-24-30-25(34-13-4-3-5-14-34)32-26(31-24)35-15-7-9-20-8-6-12-28-17-20/h6,8,10-12,17,22,25,33H,3-5,7,9,13-16H2,1-2H3,(H2,29,30,31,32). The lowest BCUT2D eigenvalue weighted by molar-refractivity contribution is 0.165. The van der Waals surface area contributed by atoms with Crippen LogP contribution in [0.25, 0.3) is 0 Å². The van der Waals surface area contributed by atoms with Gasteiger partial charge in [-0.3, -0.25) is 15.2 Å². The number of hydrogen-bond acceptors (Lipinski definition) is 8. The van der Waals surface area contributed by atoms with Crippen molar-refractivity contribution in [1.82, 2.24) is 25.8 Å². The molecule has 3 N–H and O–H groups in total. The maximum atomic E-state index is 6.10. The number of aliphatic imine (C=N–C) groups is 2. The molecule has 0 aromatic carbocycles. The SMILES string of the molecule is CC1=C(C)C2=CC=C(NC3=NC(N4CCCCC4)N=C(OCCCc4cccnc4)N3)C3CC23N1. The molecule has 184 valence electrons. The molecule has 6 rings (SSSR count). The van der Waals surface area contributed by atoms with Crippen LogP contribution < -0.4 is 16.0 Å². The van der Waals surface area contributed by atoms with Crippen LogP contribution in [0.4, 0.5) is 0 Å². The molecule has 8 heteroatoms. The fourth-order valence-corrected chi connectivity index (χ4v) is 5.79. The summed E-state index contributed by atoms with van der Waals surface area (Å²) in [5.41, 5.74) is 6.61. The summed E-state index contributed by atoms with van der Waals surface area (Å²) >= 11 is 0. The minimum Gasteiger partial charge on any atom is -0.465 e. The van der Waals surface area contributed by atoms with Crippen molar-refractivity contribution in [1.29, 1.82) is 0 Å². The number of pyridine rings is 1. The summed E-state index contributed by atoms with van der Waals surface area (Å²) in [4.78, 5) is 16.3. The molecule has 8 nitrogen and oxygen atoms in total. The van der Waals surface area contributed by atoms with Gasteiger partial charge in [0, 0.05) is 42.8 Å². The third-order valence-corrected chi connectivity index (χ3v) is 7.88. The van der Waals surface area contributed by atoms with Crippen LogP contribution in [0, 0.1) is 5.92 Å². The highest BCUT2D eigenvalue weighted by atomic mass is 16.5. The van der Waals surface area contributed by atoms with Crippen LogP contribution in [0.5, 0.6) is 0 Å². The number of guanidine groups is 1. The summed E-state index contributed by atoms with van der Waals surface area (Å²) in [5, 5.41) is 10.7. The van der Waals surface area contributed by atoms with Gasteiger partial charge in [0.05, 0.1) is 12.1 Å². The molecule has 35 heavy (non-hydrogen) atoms. The van der Waals surface area contributed by atoms with Crippen LogP contribution in [-0.4, -0.2) is 53.4 Å². The largest absolute Gasteiger partial charge is 0.465 e. The molecule has 1 spiro atoms. The molecule has 1 aromatic rings. The maximum absolute atomic E-state index is 6.10. The average molecular weight is 474 g/mol.